The first-order valence-corrected chi connectivity index (χ1v) is 10.0. The average Bonchev–Trinajstić information content (AvgIpc) is 2.59. The van der Waals surface area contributed by atoms with Crippen molar-refractivity contribution in [3.05, 3.63) is 52.0 Å². The van der Waals surface area contributed by atoms with Gasteiger partial charge < -0.3 is 25.7 Å². The Balaban J connectivity index is 2.06. The van der Waals surface area contributed by atoms with E-state index < -0.39 is 18.1 Å². The number of rotatable bonds is 9. The molecule has 0 heterocycles. The minimum Gasteiger partial charge on any atom is -0.508 e. The fourth-order valence-corrected chi connectivity index (χ4v) is 3.75. The van der Waals surface area contributed by atoms with Gasteiger partial charge in [0.2, 0.25) is 0 Å². The number of benzene rings is 2. The van der Waals surface area contributed by atoms with Crippen LogP contribution in [0.5, 0.6) is 11.5 Å². The van der Waals surface area contributed by atoms with Crippen molar-refractivity contribution in [2.75, 3.05) is 11.9 Å². The highest BCUT2D eigenvalue weighted by Crippen LogP contribution is 2.35. The van der Waals surface area contributed by atoms with Gasteiger partial charge in [-0.2, -0.15) is 0 Å². The average molecular weight is 428 g/mol. The van der Waals surface area contributed by atoms with Gasteiger partial charge in [-0.25, -0.2) is 0 Å². The summed E-state index contributed by atoms with van der Waals surface area (Å²) in [6.45, 7) is 4.48. The monoisotopic (exact) mass is 427 g/mol. The normalized spacial score (nSPS) is 14.7. The van der Waals surface area contributed by atoms with Crippen LogP contribution in [0.1, 0.15) is 38.4 Å². The Morgan fingerprint density at radius 3 is 2.18 bits per heavy atom. The molecule has 0 aliphatic heterocycles. The molecule has 2 aromatic rings. The maximum Gasteiger partial charge on any atom is 0.119 e. The molecule has 5 N–H and O–H groups in total. The molecule has 0 saturated carbocycles. The first-order chi connectivity index (χ1) is 13.2. The van der Waals surface area contributed by atoms with Crippen molar-refractivity contribution in [2.45, 2.75) is 38.9 Å². The molecule has 0 radical (unpaired) electrons. The number of phenolic OH excluding ortho intramolecular Hbond substituents is 2. The molecule has 5 nitrogen and oxygen atoms in total. The highest BCUT2D eigenvalue weighted by Gasteiger charge is 2.29. The van der Waals surface area contributed by atoms with E-state index in [1.165, 1.54) is 18.2 Å². The number of hydrogen-bond acceptors (Lipinski definition) is 5. The van der Waals surface area contributed by atoms with Crippen molar-refractivity contribution >= 4 is 28.9 Å². The van der Waals surface area contributed by atoms with Gasteiger partial charge in [0.15, 0.2) is 0 Å². The third-order valence-corrected chi connectivity index (χ3v) is 5.14. The summed E-state index contributed by atoms with van der Waals surface area (Å²) in [7, 11) is 0. The number of aliphatic hydroxyl groups excluding tert-OH is 2. The lowest BCUT2D eigenvalue weighted by Crippen LogP contribution is -2.30. The number of halogens is 2. The molecular formula is C21H27Cl2NO4. The summed E-state index contributed by atoms with van der Waals surface area (Å²) >= 11 is 12.0. The van der Waals surface area contributed by atoms with Crippen LogP contribution in [0, 0.1) is 11.8 Å². The van der Waals surface area contributed by atoms with Crippen LogP contribution >= 0.6 is 23.2 Å². The highest BCUT2D eigenvalue weighted by atomic mass is 35.5. The molecule has 0 spiro atoms. The lowest BCUT2D eigenvalue weighted by atomic mass is 9.83. The summed E-state index contributed by atoms with van der Waals surface area (Å²) in [6.07, 6.45) is -0.839. The Morgan fingerprint density at radius 2 is 1.61 bits per heavy atom. The van der Waals surface area contributed by atoms with Crippen LogP contribution in [-0.4, -0.2) is 33.1 Å². The fraction of sp³-hybridized carbons (Fsp3) is 0.429. The van der Waals surface area contributed by atoms with E-state index in [2.05, 4.69) is 5.32 Å². The predicted molar refractivity (Wildman–Crippen MR) is 113 cm³/mol. The van der Waals surface area contributed by atoms with E-state index in [1.54, 1.807) is 18.2 Å². The Kier molecular flexibility index (Phi) is 8.25. The summed E-state index contributed by atoms with van der Waals surface area (Å²) in [4.78, 5) is 0. The minimum absolute atomic E-state index is 0.133. The number of anilines is 1. The van der Waals surface area contributed by atoms with Crippen LogP contribution in [0.2, 0.25) is 10.0 Å². The zero-order valence-electron chi connectivity index (χ0n) is 15.9. The fourth-order valence-electron chi connectivity index (χ4n) is 3.28. The molecule has 0 unspecified atom stereocenters. The molecule has 0 saturated heterocycles. The van der Waals surface area contributed by atoms with Gasteiger partial charge in [0.25, 0.3) is 0 Å². The number of hydrogen-bond donors (Lipinski definition) is 5. The smallest absolute Gasteiger partial charge is 0.119 e. The van der Waals surface area contributed by atoms with Gasteiger partial charge in [-0.05, 0) is 54.7 Å². The maximum absolute atomic E-state index is 10.8. The third kappa shape index (κ3) is 6.45. The summed E-state index contributed by atoms with van der Waals surface area (Å²) < 4.78 is 0. The highest BCUT2D eigenvalue weighted by molar-refractivity contribution is 6.36. The van der Waals surface area contributed by atoms with Crippen molar-refractivity contribution in [3.8, 4) is 11.5 Å². The van der Waals surface area contributed by atoms with Gasteiger partial charge >= 0.3 is 0 Å². The number of nitrogens with one attached hydrogen (secondary N) is 1. The van der Waals surface area contributed by atoms with Crippen LogP contribution in [0.25, 0.3) is 0 Å². The molecule has 0 aliphatic rings. The largest absolute Gasteiger partial charge is 0.508 e. The maximum atomic E-state index is 10.8. The zero-order chi connectivity index (χ0) is 20.8. The molecule has 0 aliphatic carbocycles. The van der Waals surface area contributed by atoms with Crippen molar-refractivity contribution < 1.29 is 20.4 Å². The third-order valence-electron chi connectivity index (χ3n) is 4.60. The molecule has 3 atom stereocenters. The van der Waals surface area contributed by atoms with Gasteiger partial charge in [0.1, 0.15) is 11.5 Å². The van der Waals surface area contributed by atoms with E-state index in [-0.39, 0.29) is 17.4 Å². The number of phenols is 2. The van der Waals surface area contributed by atoms with E-state index in [9.17, 15) is 20.4 Å². The minimum atomic E-state index is -1.02. The zero-order valence-corrected chi connectivity index (χ0v) is 17.5. The van der Waals surface area contributed by atoms with E-state index in [4.69, 9.17) is 23.2 Å². The standard InChI is InChI=1S/C21H27Cl2NO4/c1-12(2)7-17(21(28)13-8-15(25)11-16(26)9-13)20(27)5-6-24-19-4-3-14(22)10-18(19)23/h3-4,8-12,17,20-21,24-28H,5-7H2,1-2H3/t17-,20-,21+/m1/s1. The Morgan fingerprint density at radius 1 is 0.964 bits per heavy atom. The second-order valence-corrected chi connectivity index (χ2v) is 8.27. The van der Waals surface area contributed by atoms with Crippen molar-refractivity contribution in [3.63, 3.8) is 0 Å². The first-order valence-electron chi connectivity index (χ1n) is 9.25. The molecule has 28 heavy (non-hydrogen) atoms. The second kappa shape index (κ2) is 10.2. The van der Waals surface area contributed by atoms with Crippen LogP contribution in [-0.2, 0) is 0 Å². The topological polar surface area (TPSA) is 93.0 Å². The van der Waals surface area contributed by atoms with E-state index >= 15 is 0 Å². The van der Waals surface area contributed by atoms with Gasteiger partial charge in [0, 0.05) is 23.6 Å². The molecule has 7 heteroatoms. The first kappa shape index (κ1) is 22.6. The molecule has 0 aromatic heterocycles. The summed E-state index contributed by atoms with van der Waals surface area (Å²) in [5.41, 5.74) is 1.09. The SMILES string of the molecule is CC(C)C[C@H]([C@H](O)CCNc1ccc(Cl)cc1Cl)[C@@H](O)c1cc(O)cc(O)c1. The van der Waals surface area contributed by atoms with Gasteiger partial charge in [0.05, 0.1) is 22.9 Å². The summed E-state index contributed by atoms with van der Waals surface area (Å²) in [5, 5.41) is 45.1. The summed E-state index contributed by atoms with van der Waals surface area (Å²) in [6, 6.07) is 9.14. The molecule has 0 fully saturated rings. The predicted octanol–water partition coefficient (Wildman–Crippen LogP) is 4.96. The molecule has 0 amide bonds. The van der Waals surface area contributed by atoms with Crippen molar-refractivity contribution in [2.24, 2.45) is 11.8 Å². The van der Waals surface area contributed by atoms with Crippen LogP contribution in [0.3, 0.4) is 0 Å². The van der Waals surface area contributed by atoms with E-state index in [1.807, 2.05) is 13.8 Å². The number of aliphatic hydroxyl groups is 2. The number of aromatic hydroxyl groups is 2. The molecule has 0 bridgehead atoms. The van der Waals surface area contributed by atoms with Crippen molar-refractivity contribution in [1.29, 1.82) is 0 Å². The molecular weight excluding hydrogens is 401 g/mol. The van der Waals surface area contributed by atoms with E-state index in [0.717, 1.165) is 5.69 Å². The molecule has 2 rings (SSSR count). The Labute approximate surface area is 175 Å². The second-order valence-electron chi connectivity index (χ2n) is 7.43. The quantitative estimate of drug-likeness (QED) is 0.389. The Bertz CT molecular complexity index is 765. The van der Waals surface area contributed by atoms with Gasteiger partial charge in [-0.1, -0.05) is 37.0 Å². The van der Waals surface area contributed by atoms with Crippen LogP contribution in [0.4, 0.5) is 5.69 Å². The van der Waals surface area contributed by atoms with E-state index in [0.29, 0.717) is 35.0 Å². The van der Waals surface area contributed by atoms with Gasteiger partial charge in [-0.15, -0.1) is 0 Å². The van der Waals surface area contributed by atoms with Crippen LogP contribution in [0.15, 0.2) is 36.4 Å². The lowest BCUT2D eigenvalue weighted by Gasteiger charge is -2.30. The lowest BCUT2D eigenvalue weighted by molar-refractivity contribution is -0.00187. The Hall–Kier alpha value is -1.66. The molecule has 2 aromatic carbocycles. The van der Waals surface area contributed by atoms with Crippen molar-refractivity contribution in [1.82, 2.24) is 0 Å². The molecule has 154 valence electrons. The van der Waals surface area contributed by atoms with Gasteiger partial charge in [-0.3, -0.25) is 0 Å². The van der Waals surface area contributed by atoms with Crippen LogP contribution < -0.4 is 5.32 Å². The summed E-state index contributed by atoms with van der Waals surface area (Å²) in [5.74, 6) is -0.473.